The van der Waals surface area contributed by atoms with E-state index in [9.17, 15) is 0 Å². The smallest absolute Gasteiger partial charge is 0.137 e. The number of anilines is 3. The number of benzene rings is 9. The van der Waals surface area contributed by atoms with Crippen LogP contribution in [0.1, 0.15) is 0 Å². The predicted molar refractivity (Wildman–Crippen MR) is 206 cm³/mol. The average Bonchev–Trinajstić information content (AvgIpc) is 3.72. The van der Waals surface area contributed by atoms with Gasteiger partial charge in [0.15, 0.2) is 0 Å². The highest BCUT2D eigenvalue weighted by Gasteiger charge is 2.22. The summed E-state index contributed by atoms with van der Waals surface area (Å²) in [6.45, 7) is 0. The molecule has 0 N–H and O–H groups in total. The largest absolute Gasteiger partial charge is 0.456 e. The standard InChI is InChI=1S/C46H27NO2/c1-2-10-32-28(9-1)21-23-35-34(32)13-7-14-40(35)47(41-15-8-18-44-46(41)37-12-4-6-17-43(37)48-44)31-22-24-33-29(25-31)19-20-30-26-45-39(27-38(30)33)36-11-3-5-16-42(36)49-45/h1-27H. The highest BCUT2D eigenvalue weighted by molar-refractivity contribution is 6.19. The van der Waals surface area contributed by atoms with Gasteiger partial charge < -0.3 is 13.7 Å². The first kappa shape index (κ1) is 26.5. The SMILES string of the molecule is c1ccc2c(c1)ccc1c(N(c3ccc4c(ccc5cc6oc7ccccc7c6cc54)c3)c3cccc4oc5ccccc5c34)cccc12. The van der Waals surface area contributed by atoms with Crippen LogP contribution in [0.2, 0.25) is 0 Å². The lowest BCUT2D eigenvalue weighted by molar-refractivity contribution is 0.669. The van der Waals surface area contributed by atoms with Crippen LogP contribution in [0.3, 0.4) is 0 Å². The van der Waals surface area contributed by atoms with Crippen LogP contribution in [0.4, 0.5) is 17.1 Å². The van der Waals surface area contributed by atoms with Crippen molar-refractivity contribution in [3.8, 4) is 0 Å². The molecule has 0 bridgehead atoms. The van der Waals surface area contributed by atoms with Crippen LogP contribution in [-0.2, 0) is 0 Å². The normalized spacial score (nSPS) is 12.1. The number of hydrogen-bond acceptors (Lipinski definition) is 3. The molecule has 3 nitrogen and oxygen atoms in total. The van der Waals surface area contributed by atoms with Crippen molar-refractivity contribution < 1.29 is 8.83 Å². The van der Waals surface area contributed by atoms with Gasteiger partial charge in [-0.15, -0.1) is 0 Å². The van der Waals surface area contributed by atoms with Gasteiger partial charge in [-0.1, -0.05) is 109 Å². The van der Waals surface area contributed by atoms with E-state index in [0.717, 1.165) is 60.9 Å². The second kappa shape index (κ2) is 9.96. The molecule has 228 valence electrons. The Morgan fingerprint density at radius 3 is 1.82 bits per heavy atom. The molecule has 11 rings (SSSR count). The summed E-state index contributed by atoms with van der Waals surface area (Å²) in [7, 11) is 0. The summed E-state index contributed by atoms with van der Waals surface area (Å²) < 4.78 is 12.6. The van der Waals surface area contributed by atoms with E-state index in [1.54, 1.807) is 0 Å². The van der Waals surface area contributed by atoms with Gasteiger partial charge in [-0.3, -0.25) is 0 Å². The van der Waals surface area contributed by atoms with E-state index >= 15 is 0 Å². The number of nitrogens with zero attached hydrogens (tertiary/aromatic N) is 1. The second-order valence-electron chi connectivity index (χ2n) is 12.9. The Morgan fingerprint density at radius 2 is 0.918 bits per heavy atom. The van der Waals surface area contributed by atoms with Gasteiger partial charge in [-0.25, -0.2) is 0 Å². The van der Waals surface area contributed by atoms with Crippen molar-refractivity contribution in [2.75, 3.05) is 4.90 Å². The van der Waals surface area contributed by atoms with Gasteiger partial charge in [0.2, 0.25) is 0 Å². The summed E-state index contributed by atoms with van der Waals surface area (Å²) in [6, 6.07) is 58.6. The fourth-order valence-corrected chi connectivity index (χ4v) is 7.98. The summed E-state index contributed by atoms with van der Waals surface area (Å²) in [6.07, 6.45) is 0. The Bertz CT molecular complexity index is 3130. The molecule has 3 heteroatoms. The number of hydrogen-bond donors (Lipinski definition) is 0. The molecule has 0 spiro atoms. The molecule has 9 aromatic carbocycles. The minimum atomic E-state index is 0.873. The molecular formula is C46H27NO2. The topological polar surface area (TPSA) is 29.5 Å². The number of fused-ring (bicyclic) bond motifs is 12. The Kier molecular flexibility index (Phi) is 5.38. The Hall–Kier alpha value is -6.58. The first-order chi connectivity index (χ1) is 24.3. The molecule has 0 aliphatic rings. The third-order valence-corrected chi connectivity index (χ3v) is 10.2. The molecule has 0 radical (unpaired) electrons. The molecule has 0 saturated carbocycles. The molecule has 11 aromatic rings. The van der Waals surface area contributed by atoms with Crippen molar-refractivity contribution in [1.29, 1.82) is 0 Å². The Morgan fingerprint density at radius 1 is 0.306 bits per heavy atom. The zero-order chi connectivity index (χ0) is 32.1. The Balaban J connectivity index is 1.20. The van der Waals surface area contributed by atoms with Gasteiger partial charge in [0.1, 0.15) is 22.3 Å². The first-order valence-corrected chi connectivity index (χ1v) is 16.7. The van der Waals surface area contributed by atoms with E-state index in [1.807, 2.05) is 18.2 Å². The highest BCUT2D eigenvalue weighted by Crippen LogP contribution is 2.46. The van der Waals surface area contributed by atoms with Crippen LogP contribution < -0.4 is 4.90 Å². The first-order valence-electron chi connectivity index (χ1n) is 16.7. The van der Waals surface area contributed by atoms with Crippen molar-refractivity contribution in [2.45, 2.75) is 0 Å². The molecule has 0 amide bonds. The zero-order valence-electron chi connectivity index (χ0n) is 26.4. The molecule has 49 heavy (non-hydrogen) atoms. The van der Waals surface area contributed by atoms with E-state index in [1.165, 1.54) is 43.1 Å². The van der Waals surface area contributed by atoms with Crippen molar-refractivity contribution in [2.24, 2.45) is 0 Å². The van der Waals surface area contributed by atoms with E-state index in [2.05, 4.69) is 150 Å². The minimum Gasteiger partial charge on any atom is -0.456 e. The summed E-state index contributed by atoms with van der Waals surface area (Å²) >= 11 is 0. The van der Waals surface area contributed by atoms with Crippen LogP contribution >= 0.6 is 0 Å². The average molecular weight is 626 g/mol. The summed E-state index contributed by atoms with van der Waals surface area (Å²) in [5, 5.41) is 14.2. The molecule has 0 aliphatic heterocycles. The maximum Gasteiger partial charge on any atom is 0.137 e. The van der Waals surface area contributed by atoms with E-state index in [-0.39, 0.29) is 0 Å². The van der Waals surface area contributed by atoms with E-state index in [4.69, 9.17) is 8.83 Å². The van der Waals surface area contributed by atoms with E-state index in [0.29, 0.717) is 0 Å². The molecule has 0 unspecified atom stereocenters. The molecule has 0 saturated heterocycles. The third-order valence-electron chi connectivity index (χ3n) is 10.2. The van der Waals surface area contributed by atoms with Crippen LogP contribution in [0.15, 0.2) is 173 Å². The molecule has 2 aromatic heterocycles. The highest BCUT2D eigenvalue weighted by atomic mass is 16.3. The van der Waals surface area contributed by atoms with Gasteiger partial charge in [0, 0.05) is 27.2 Å². The molecule has 0 fully saturated rings. The van der Waals surface area contributed by atoms with Crippen LogP contribution in [0.5, 0.6) is 0 Å². The quantitative estimate of drug-likeness (QED) is 0.183. The minimum absolute atomic E-state index is 0.873. The van der Waals surface area contributed by atoms with Gasteiger partial charge in [-0.2, -0.15) is 0 Å². The van der Waals surface area contributed by atoms with Crippen molar-refractivity contribution in [3.05, 3.63) is 164 Å². The number of para-hydroxylation sites is 2. The zero-order valence-corrected chi connectivity index (χ0v) is 26.4. The van der Waals surface area contributed by atoms with Gasteiger partial charge >= 0.3 is 0 Å². The van der Waals surface area contributed by atoms with Gasteiger partial charge in [-0.05, 0) is 92.3 Å². The fraction of sp³-hybridized carbons (Fsp3) is 0. The van der Waals surface area contributed by atoms with Gasteiger partial charge in [0.05, 0.1) is 16.8 Å². The number of furan rings is 2. The van der Waals surface area contributed by atoms with E-state index < -0.39 is 0 Å². The monoisotopic (exact) mass is 625 g/mol. The maximum atomic E-state index is 6.40. The molecule has 0 atom stereocenters. The van der Waals surface area contributed by atoms with Crippen LogP contribution in [0, 0.1) is 0 Å². The van der Waals surface area contributed by atoms with Crippen LogP contribution in [-0.4, -0.2) is 0 Å². The number of rotatable bonds is 3. The van der Waals surface area contributed by atoms with Gasteiger partial charge in [0.25, 0.3) is 0 Å². The van der Waals surface area contributed by atoms with Crippen molar-refractivity contribution in [1.82, 2.24) is 0 Å². The van der Waals surface area contributed by atoms with Crippen molar-refractivity contribution >= 4 is 104 Å². The maximum absolute atomic E-state index is 6.40. The molecular weight excluding hydrogens is 599 g/mol. The van der Waals surface area contributed by atoms with Crippen molar-refractivity contribution in [3.63, 3.8) is 0 Å². The fourth-order valence-electron chi connectivity index (χ4n) is 7.98. The summed E-state index contributed by atoms with van der Waals surface area (Å²) in [4.78, 5) is 2.41. The summed E-state index contributed by atoms with van der Waals surface area (Å²) in [5.41, 5.74) is 6.87. The lowest BCUT2D eigenvalue weighted by atomic mass is 9.97. The second-order valence-corrected chi connectivity index (χ2v) is 12.9. The predicted octanol–water partition coefficient (Wildman–Crippen LogP) is 13.6. The molecule has 0 aliphatic carbocycles. The lowest BCUT2D eigenvalue weighted by Crippen LogP contribution is -2.11. The lowest BCUT2D eigenvalue weighted by Gasteiger charge is -2.28. The third kappa shape index (κ3) is 3.84. The summed E-state index contributed by atoms with van der Waals surface area (Å²) in [5.74, 6) is 0. The Labute approximate surface area is 280 Å². The van der Waals surface area contributed by atoms with Crippen LogP contribution in [0.25, 0.3) is 87.0 Å². The molecule has 2 heterocycles.